The Morgan fingerprint density at radius 2 is 2.00 bits per heavy atom. The van der Waals surface area contributed by atoms with Crippen molar-refractivity contribution < 1.29 is 9.18 Å². The van der Waals surface area contributed by atoms with E-state index in [9.17, 15) is 9.18 Å². The number of primary amides is 1. The van der Waals surface area contributed by atoms with Crippen molar-refractivity contribution in [2.24, 2.45) is 5.73 Å². The second kappa shape index (κ2) is 7.14. The first-order chi connectivity index (χ1) is 11.6. The Kier molecular flexibility index (Phi) is 4.95. The fourth-order valence-corrected chi connectivity index (χ4v) is 3.68. The smallest absolute Gasteiger partial charge is 0.248 e. The molecule has 0 fully saturated rings. The van der Waals surface area contributed by atoms with Gasteiger partial charge in [-0.2, -0.15) is 0 Å². The number of nitrogens with two attached hydrogens (primary N) is 1. The summed E-state index contributed by atoms with van der Waals surface area (Å²) < 4.78 is 13.2. The molecule has 0 saturated carbocycles. The Hall–Kier alpha value is -2.20. The van der Waals surface area contributed by atoms with Gasteiger partial charge in [-0.25, -0.2) is 4.39 Å². The highest BCUT2D eigenvalue weighted by atomic mass is 19.1. The van der Waals surface area contributed by atoms with E-state index in [0.29, 0.717) is 11.6 Å². The zero-order chi connectivity index (χ0) is 17.1. The van der Waals surface area contributed by atoms with Crippen LogP contribution in [0.1, 0.15) is 46.3 Å². The highest BCUT2D eigenvalue weighted by Crippen LogP contribution is 2.35. The van der Waals surface area contributed by atoms with Gasteiger partial charge in [-0.3, -0.25) is 4.79 Å². The molecule has 1 aliphatic rings. The molecular weight excluding hydrogens is 303 g/mol. The van der Waals surface area contributed by atoms with Gasteiger partial charge in [0.25, 0.3) is 0 Å². The number of rotatable bonds is 5. The van der Waals surface area contributed by atoms with Gasteiger partial charge in [0.15, 0.2) is 0 Å². The van der Waals surface area contributed by atoms with E-state index in [-0.39, 0.29) is 11.7 Å². The fourth-order valence-electron chi connectivity index (χ4n) is 3.68. The first-order valence-corrected chi connectivity index (χ1v) is 8.49. The Bertz CT molecular complexity index is 727. The number of fused-ring (bicyclic) bond motifs is 1. The van der Waals surface area contributed by atoms with Gasteiger partial charge in [-0.1, -0.05) is 25.1 Å². The third kappa shape index (κ3) is 3.49. The molecule has 0 radical (unpaired) electrons. The molecule has 4 heteroatoms. The van der Waals surface area contributed by atoms with Gasteiger partial charge < -0.3 is 11.1 Å². The molecule has 0 heterocycles. The maximum Gasteiger partial charge on any atom is 0.248 e. The molecule has 3 rings (SSSR count). The van der Waals surface area contributed by atoms with E-state index in [2.05, 4.69) is 12.2 Å². The summed E-state index contributed by atoms with van der Waals surface area (Å²) in [5.41, 5.74) is 9.58. The summed E-state index contributed by atoms with van der Waals surface area (Å²) in [6.45, 7) is 3.00. The molecule has 3 N–H and O–H groups in total. The van der Waals surface area contributed by atoms with Crippen LogP contribution >= 0.6 is 0 Å². The number of hydrogen-bond acceptors (Lipinski definition) is 2. The molecule has 0 aliphatic heterocycles. The maximum absolute atomic E-state index is 13.2. The van der Waals surface area contributed by atoms with Crippen molar-refractivity contribution in [2.75, 3.05) is 6.54 Å². The van der Waals surface area contributed by atoms with Crippen LogP contribution in [0.4, 0.5) is 4.39 Å². The minimum Gasteiger partial charge on any atom is -0.366 e. The number of likely N-dealkylation sites (N-methyl/N-ethyl adjacent to an activating group) is 1. The van der Waals surface area contributed by atoms with Crippen LogP contribution in [-0.2, 0) is 12.8 Å². The Morgan fingerprint density at radius 1 is 1.25 bits per heavy atom. The molecule has 2 aromatic rings. The summed E-state index contributed by atoms with van der Waals surface area (Å²) in [6, 6.07) is 12.8. The molecule has 2 unspecified atom stereocenters. The molecular formula is C20H23FN2O. The number of halogens is 1. The van der Waals surface area contributed by atoms with Crippen LogP contribution in [0.15, 0.2) is 42.5 Å². The van der Waals surface area contributed by atoms with E-state index >= 15 is 0 Å². The van der Waals surface area contributed by atoms with Crippen molar-refractivity contribution in [1.29, 1.82) is 0 Å². The van der Waals surface area contributed by atoms with Crippen LogP contribution in [0, 0.1) is 5.82 Å². The normalized spacial score (nSPS) is 19.8. The van der Waals surface area contributed by atoms with Gasteiger partial charge in [0.1, 0.15) is 5.82 Å². The van der Waals surface area contributed by atoms with Crippen molar-refractivity contribution in [1.82, 2.24) is 5.32 Å². The first kappa shape index (κ1) is 16.7. The predicted octanol–water partition coefficient (Wildman–Crippen LogP) is 3.18. The number of aryl methyl sites for hydroxylation is 1. The van der Waals surface area contributed by atoms with Gasteiger partial charge >= 0.3 is 0 Å². The molecule has 0 saturated heterocycles. The van der Waals surface area contributed by atoms with E-state index in [1.54, 1.807) is 0 Å². The minimum absolute atomic E-state index is 0.220. The quantitative estimate of drug-likeness (QED) is 0.887. The average Bonchev–Trinajstić information content (AvgIpc) is 2.58. The molecule has 0 aromatic heterocycles. The lowest BCUT2D eigenvalue weighted by Crippen LogP contribution is -2.39. The van der Waals surface area contributed by atoms with Gasteiger partial charge in [0.05, 0.1) is 0 Å². The molecule has 2 aromatic carbocycles. The summed E-state index contributed by atoms with van der Waals surface area (Å²) in [5.74, 6) is -0.371. The van der Waals surface area contributed by atoms with Crippen LogP contribution in [0.3, 0.4) is 0 Å². The van der Waals surface area contributed by atoms with E-state index in [4.69, 9.17) is 5.73 Å². The zero-order valence-corrected chi connectivity index (χ0v) is 13.9. The van der Waals surface area contributed by atoms with Gasteiger partial charge in [-0.05, 0) is 66.8 Å². The molecule has 2 atom stereocenters. The maximum atomic E-state index is 13.2. The lowest BCUT2D eigenvalue weighted by atomic mass is 9.75. The Morgan fingerprint density at radius 3 is 2.67 bits per heavy atom. The number of hydrogen-bond donors (Lipinski definition) is 2. The van der Waals surface area contributed by atoms with Crippen LogP contribution < -0.4 is 11.1 Å². The summed E-state index contributed by atoms with van der Waals surface area (Å²) >= 11 is 0. The number of carbonyl (C=O) groups is 1. The van der Waals surface area contributed by atoms with Crippen LogP contribution in [-0.4, -0.2) is 18.5 Å². The average molecular weight is 326 g/mol. The molecule has 3 nitrogen and oxygen atoms in total. The van der Waals surface area contributed by atoms with E-state index < -0.39 is 5.91 Å². The lowest BCUT2D eigenvalue weighted by Gasteiger charge is -2.34. The lowest BCUT2D eigenvalue weighted by molar-refractivity contribution is 0.1000. The van der Waals surface area contributed by atoms with Crippen LogP contribution in [0.5, 0.6) is 0 Å². The van der Waals surface area contributed by atoms with E-state index in [0.717, 1.165) is 31.4 Å². The summed E-state index contributed by atoms with van der Waals surface area (Å²) in [5, 5.41) is 3.57. The third-order valence-corrected chi connectivity index (χ3v) is 4.88. The van der Waals surface area contributed by atoms with E-state index in [1.165, 1.54) is 23.3 Å². The summed E-state index contributed by atoms with van der Waals surface area (Å²) in [6.07, 6.45) is 2.86. The third-order valence-electron chi connectivity index (χ3n) is 4.88. The first-order valence-electron chi connectivity index (χ1n) is 8.49. The van der Waals surface area contributed by atoms with Gasteiger partial charge in [-0.15, -0.1) is 0 Å². The highest BCUT2D eigenvalue weighted by Gasteiger charge is 2.29. The summed E-state index contributed by atoms with van der Waals surface area (Å²) in [7, 11) is 0. The molecule has 1 amide bonds. The second-order valence-electron chi connectivity index (χ2n) is 6.42. The van der Waals surface area contributed by atoms with Crippen molar-refractivity contribution in [3.05, 3.63) is 70.5 Å². The molecule has 1 aliphatic carbocycles. The van der Waals surface area contributed by atoms with Crippen molar-refractivity contribution in [3.63, 3.8) is 0 Å². The van der Waals surface area contributed by atoms with Crippen LogP contribution in [0.25, 0.3) is 0 Å². The topological polar surface area (TPSA) is 55.1 Å². The molecule has 24 heavy (non-hydrogen) atoms. The van der Waals surface area contributed by atoms with Crippen molar-refractivity contribution in [2.45, 2.75) is 38.1 Å². The zero-order valence-electron chi connectivity index (χ0n) is 13.9. The molecule has 0 bridgehead atoms. The SMILES string of the molecule is CCNC1CCc2ccc(C(N)=O)cc2C1Cc1ccc(F)cc1. The van der Waals surface area contributed by atoms with Crippen molar-refractivity contribution in [3.8, 4) is 0 Å². The number of amides is 1. The van der Waals surface area contributed by atoms with E-state index in [1.807, 2.05) is 30.3 Å². The van der Waals surface area contributed by atoms with Crippen molar-refractivity contribution >= 4 is 5.91 Å². The Labute approximate surface area is 142 Å². The second-order valence-corrected chi connectivity index (χ2v) is 6.42. The standard InChI is InChI=1S/C20H23FN2O/c1-2-23-19-10-7-14-5-6-15(20(22)24)12-17(14)18(19)11-13-3-8-16(21)9-4-13/h3-6,8-9,12,18-19,23H,2,7,10-11H2,1H3,(H2,22,24). The van der Waals surface area contributed by atoms with Gasteiger partial charge in [0, 0.05) is 17.5 Å². The number of carbonyl (C=O) groups excluding carboxylic acids is 1. The highest BCUT2D eigenvalue weighted by molar-refractivity contribution is 5.93. The molecule has 0 spiro atoms. The Balaban J connectivity index is 1.97. The monoisotopic (exact) mass is 326 g/mol. The van der Waals surface area contributed by atoms with Crippen LogP contribution in [0.2, 0.25) is 0 Å². The largest absolute Gasteiger partial charge is 0.366 e. The minimum atomic E-state index is -0.399. The molecule has 126 valence electrons. The fraction of sp³-hybridized carbons (Fsp3) is 0.350. The number of benzene rings is 2. The summed E-state index contributed by atoms with van der Waals surface area (Å²) in [4.78, 5) is 11.6. The number of nitrogens with one attached hydrogen (secondary N) is 1. The predicted molar refractivity (Wildman–Crippen MR) is 93.6 cm³/mol. The van der Waals surface area contributed by atoms with Gasteiger partial charge in [0.2, 0.25) is 5.91 Å².